The van der Waals surface area contributed by atoms with Gasteiger partial charge in [0.15, 0.2) is 5.60 Å². The molecule has 2 aliphatic heterocycles. The van der Waals surface area contributed by atoms with Crippen LogP contribution in [0.5, 0.6) is 0 Å². The third-order valence-electron chi connectivity index (χ3n) is 3.34. The summed E-state index contributed by atoms with van der Waals surface area (Å²) in [4.78, 5) is 11.6. The normalized spacial score (nSPS) is 27.2. The average Bonchev–Trinajstić information content (AvgIpc) is 2.31. The zero-order chi connectivity index (χ0) is 11.9. The number of halogens is 1. The lowest BCUT2D eigenvalue weighted by molar-refractivity contribution is -0.00723. The van der Waals surface area contributed by atoms with Gasteiger partial charge in [-0.3, -0.25) is 5.32 Å². The number of piperidine rings is 1. The number of hydrogen-bond acceptors (Lipinski definition) is 3. The van der Waals surface area contributed by atoms with E-state index < -0.39 is 5.60 Å². The fourth-order valence-electron chi connectivity index (χ4n) is 2.56. The summed E-state index contributed by atoms with van der Waals surface area (Å²) in [7, 11) is 0. The van der Waals surface area contributed by atoms with E-state index in [9.17, 15) is 4.79 Å². The van der Waals surface area contributed by atoms with Gasteiger partial charge in [-0.1, -0.05) is 11.6 Å². The molecule has 2 aliphatic rings. The number of amides is 1. The van der Waals surface area contributed by atoms with Crippen LogP contribution in [0.4, 0.5) is 10.5 Å². The van der Waals surface area contributed by atoms with E-state index in [1.165, 1.54) is 0 Å². The molecule has 0 bridgehead atoms. The van der Waals surface area contributed by atoms with E-state index in [0.717, 1.165) is 30.6 Å². The van der Waals surface area contributed by atoms with Gasteiger partial charge in [0.1, 0.15) is 0 Å². The summed E-state index contributed by atoms with van der Waals surface area (Å²) in [6.45, 7) is 1.61. The number of carbonyl (C=O) groups is 1. The Kier molecular flexibility index (Phi) is 2.49. The van der Waals surface area contributed by atoms with Gasteiger partial charge in [0.25, 0.3) is 0 Å². The van der Waals surface area contributed by atoms with E-state index in [1.807, 2.05) is 12.1 Å². The topological polar surface area (TPSA) is 50.4 Å². The second-order valence-electron chi connectivity index (χ2n) is 4.48. The first kappa shape index (κ1) is 10.9. The predicted molar refractivity (Wildman–Crippen MR) is 65.3 cm³/mol. The molecule has 5 heteroatoms. The Bertz CT molecular complexity index is 470. The Hall–Kier alpha value is -1.26. The third-order valence-corrected chi connectivity index (χ3v) is 3.58. The largest absolute Gasteiger partial charge is 0.436 e. The first-order valence-electron chi connectivity index (χ1n) is 5.70. The van der Waals surface area contributed by atoms with E-state index >= 15 is 0 Å². The molecule has 17 heavy (non-hydrogen) atoms. The van der Waals surface area contributed by atoms with Crippen molar-refractivity contribution < 1.29 is 9.53 Å². The summed E-state index contributed by atoms with van der Waals surface area (Å²) in [5, 5.41) is 6.65. The minimum Gasteiger partial charge on any atom is -0.436 e. The van der Waals surface area contributed by atoms with Crippen molar-refractivity contribution in [2.75, 3.05) is 18.4 Å². The highest BCUT2D eigenvalue weighted by Gasteiger charge is 2.42. The quantitative estimate of drug-likeness (QED) is 0.746. The van der Waals surface area contributed by atoms with Crippen LogP contribution in [-0.2, 0) is 10.3 Å². The number of nitrogens with one attached hydrogen (secondary N) is 2. The van der Waals surface area contributed by atoms with E-state index in [4.69, 9.17) is 16.3 Å². The molecular formula is C12H13ClN2O2. The molecule has 1 aromatic carbocycles. The molecule has 0 radical (unpaired) electrons. The molecule has 1 unspecified atom stereocenters. The maximum Gasteiger partial charge on any atom is 0.412 e. The van der Waals surface area contributed by atoms with Crippen molar-refractivity contribution in [2.45, 2.75) is 18.4 Å². The zero-order valence-corrected chi connectivity index (χ0v) is 10.0. The van der Waals surface area contributed by atoms with Gasteiger partial charge in [-0.05, 0) is 37.6 Å². The van der Waals surface area contributed by atoms with Crippen LogP contribution in [0.2, 0.25) is 5.02 Å². The smallest absolute Gasteiger partial charge is 0.412 e. The molecule has 0 aromatic heterocycles. The maximum atomic E-state index is 11.6. The summed E-state index contributed by atoms with van der Waals surface area (Å²) >= 11 is 6.03. The van der Waals surface area contributed by atoms with Crippen molar-refractivity contribution in [1.29, 1.82) is 0 Å². The van der Waals surface area contributed by atoms with Crippen LogP contribution in [0, 0.1) is 0 Å². The first-order chi connectivity index (χ1) is 8.20. The highest BCUT2D eigenvalue weighted by atomic mass is 35.5. The van der Waals surface area contributed by atoms with Crippen molar-refractivity contribution in [3.05, 3.63) is 28.8 Å². The molecular weight excluding hydrogens is 240 g/mol. The van der Waals surface area contributed by atoms with Crippen molar-refractivity contribution in [1.82, 2.24) is 5.32 Å². The summed E-state index contributed by atoms with van der Waals surface area (Å²) in [6.07, 6.45) is 1.43. The Balaban J connectivity index is 2.11. The lowest BCUT2D eigenvalue weighted by Gasteiger charge is -2.41. The molecule has 0 saturated carbocycles. The third kappa shape index (κ3) is 1.77. The molecule has 3 rings (SSSR count). The number of ether oxygens (including phenoxy) is 1. The zero-order valence-electron chi connectivity index (χ0n) is 9.25. The number of rotatable bonds is 0. The van der Waals surface area contributed by atoms with Crippen LogP contribution in [-0.4, -0.2) is 19.2 Å². The van der Waals surface area contributed by atoms with E-state index in [2.05, 4.69) is 10.6 Å². The number of carbonyl (C=O) groups excluding carboxylic acids is 1. The Morgan fingerprint density at radius 3 is 3.06 bits per heavy atom. The van der Waals surface area contributed by atoms with E-state index in [0.29, 0.717) is 11.6 Å². The molecule has 90 valence electrons. The highest BCUT2D eigenvalue weighted by molar-refractivity contribution is 6.30. The van der Waals surface area contributed by atoms with Gasteiger partial charge in [-0.15, -0.1) is 0 Å². The summed E-state index contributed by atoms with van der Waals surface area (Å²) in [5.74, 6) is 0. The van der Waals surface area contributed by atoms with Crippen LogP contribution in [0.3, 0.4) is 0 Å². The Morgan fingerprint density at radius 2 is 2.29 bits per heavy atom. The average molecular weight is 253 g/mol. The number of hydrogen-bond donors (Lipinski definition) is 2. The first-order valence-corrected chi connectivity index (χ1v) is 6.08. The number of benzene rings is 1. The second-order valence-corrected chi connectivity index (χ2v) is 4.92. The molecule has 4 nitrogen and oxygen atoms in total. The molecule has 1 spiro atoms. The fraction of sp³-hybridized carbons (Fsp3) is 0.417. The van der Waals surface area contributed by atoms with Crippen LogP contribution in [0.25, 0.3) is 0 Å². The molecule has 2 heterocycles. The van der Waals surface area contributed by atoms with Crippen molar-refractivity contribution in [3.8, 4) is 0 Å². The summed E-state index contributed by atoms with van der Waals surface area (Å²) in [5.41, 5.74) is 1.21. The van der Waals surface area contributed by atoms with E-state index in [1.54, 1.807) is 6.07 Å². The molecule has 1 aromatic rings. The van der Waals surface area contributed by atoms with Gasteiger partial charge < -0.3 is 10.1 Å². The molecule has 1 saturated heterocycles. The van der Waals surface area contributed by atoms with Gasteiger partial charge in [0.2, 0.25) is 0 Å². The van der Waals surface area contributed by atoms with Crippen molar-refractivity contribution >= 4 is 23.4 Å². The van der Waals surface area contributed by atoms with Crippen molar-refractivity contribution in [2.24, 2.45) is 0 Å². The van der Waals surface area contributed by atoms with Gasteiger partial charge in [0.05, 0.1) is 5.69 Å². The molecule has 1 fully saturated rings. The van der Waals surface area contributed by atoms with Crippen LogP contribution >= 0.6 is 11.6 Å². The molecule has 1 atom stereocenters. The molecule has 2 N–H and O–H groups in total. The van der Waals surface area contributed by atoms with Gasteiger partial charge in [0, 0.05) is 17.1 Å². The van der Waals surface area contributed by atoms with Crippen LogP contribution in [0.1, 0.15) is 18.4 Å². The molecule has 0 aliphatic carbocycles. The minimum atomic E-state index is -0.555. The van der Waals surface area contributed by atoms with Gasteiger partial charge in [-0.25, -0.2) is 4.79 Å². The lowest BCUT2D eigenvalue weighted by Crippen LogP contribution is -2.49. The maximum absolute atomic E-state index is 11.6. The van der Waals surface area contributed by atoms with Gasteiger partial charge >= 0.3 is 6.09 Å². The predicted octanol–water partition coefficient (Wildman–Crippen LogP) is 2.48. The summed E-state index contributed by atoms with van der Waals surface area (Å²) < 4.78 is 5.53. The summed E-state index contributed by atoms with van der Waals surface area (Å²) in [6, 6.07) is 5.48. The van der Waals surface area contributed by atoms with E-state index in [-0.39, 0.29) is 6.09 Å². The number of fused-ring (bicyclic) bond motifs is 2. The van der Waals surface area contributed by atoms with Crippen molar-refractivity contribution in [3.63, 3.8) is 0 Å². The Morgan fingerprint density at radius 1 is 1.41 bits per heavy atom. The SMILES string of the molecule is O=C1Nc2ccc(Cl)cc2C2(CCCNC2)O1. The van der Waals surface area contributed by atoms with Gasteiger partial charge in [-0.2, -0.15) is 0 Å². The number of anilines is 1. The minimum absolute atomic E-state index is 0.386. The Labute approximate surface area is 104 Å². The standard InChI is InChI=1S/C12H13ClN2O2/c13-8-2-3-10-9(6-8)12(17-11(16)15-10)4-1-5-14-7-12/h2-3,6,14H,1,4-5,7H2,(H,15,16). The lowest BCUT2D eigenvalue weighted by atomic mass is 9.84. The van der Waals surface area contributed by atoms with Crippen LogP contribution in [0.15, 0.2) is 18.2 Å². The second kappa shape index (κ2) is 3.89. The monoisotopic (exact) mass is 252 g/mol. The molecule has 1 amide bonds. The van der Waals surface area contributed by atoms with Crippen LogP contribution < -0.4 is 10.6 Å². The highest BCUT2D eigenvalue weighted by Crippen LogP contribution is 2.41. The fourth-order valence-corrected chi connectivity index (χ4v) is 2.74.